The Hall–Kier alpha value is -0.200. The van der Waals surface area contributed by atoms with E-state index in [1.165, 1.54) is 0 Å². The van der Waals surface area contributed by atoms with Crippen molar-refractivity contribution in [2.24, 2.45) is 0 Å². The second-order valence-electron chi connectivity index (χ2n) is 2.11. The Bertz CT molecular complexity index is 117. The van der Waals surface area contributed by atoms with Gasteiger partial charge in [0.25, 0.3) is 6.29 Å². The molecule has 5 nitrogen and oxygen atoms in total. The van der Waals surface area contributed by atoms with Gasteiger partial charge in [0.05, 0.1) is 6.61 Å². The summed E-state index contributed by atoms with van der Waals surface area (Å²) in [4.78, 5) is 0. The maximum atomic E-state index is 8.91. The quantitative estimate of drug-likeness (QED) is 0.345. The van der Waals surface area contributed by atoms with Crippen LogP contribution in [0.5, 0.6) is 0 Å². The largest absolute Gasteiger partial charge is 0.394 e. The first-order chi connectivity index (χ1) is 4.66. The van der Waals surface area contributed by atoms with Gasteiger partial charge in [-0.25, -0.2) is 0 Å². The van der Waals surface area contributed by atoms with E-state index in [2.05, 4.69) is 4.74 Å². The fourth-order valence-electron chi connectivity index (χ4n) is 0.789. The minimum Gasteiger partial charge on any atom is -0.394 e. The second-order valence-corrected chi connectivity index (χ2v) is 2.11. The Morgan fingerprint density at radius 2 is 2.00 bits per heavy atom. The fourth-order valence-corrected chi connectivity index (χ4v) is 0.789. The lowest BCUT2D eigenvalue weighted by molar-refractivity contribution is -0.0439. The molecule has 1 heterocycles. The Morgan fingerprint density at radius 1 is 1.40 bits per heavy atom. The molecule has 0 aromatic carbocycles. The summed E-state index contributed by atoms with van der Waals surface area (Å²) in [5, 5.41) is 34.8. The van der Waals surface area contributed by atoms with Crippen LogP contribution in [-0.4, -0.2) is 45.3 Å². The lowest BCUT2D eigenvalue weighted by atomic mass is 10.1. The van der Waals surface area contributed by atoms with Gasteiger partial charge in [-0.05, 0) is 0 Å². The molecule has 0 unspecified atom stereocenters. The topological polar surface area (TPSA) is 90.2 Å². The van der Waals surface area contributed by atoms with E-state index in [1.54, 1.807) is 0 Å². The van der Waals surface area contributed by atoms with Crippen LogP contribution in [0, 0.1) is 6.29 Å². The Morgan fingerprint density at radius 3 is 2.20 bits per heavy atom. The Labute approximate surface area is 57.5 Å². The number of rotatable bonds is 1. The zero-order chi connectivity index (χ0) is 7.72. The first-order valence-corrected chi connectivity index (χ1v) is 2.86. The maximum Gasteiger partial charge on any atom is 0.254 e. The Kier molecular flexibility index (Phi) is 2.22. The predicted molar refractivity (Wildman–Crippen MR) is 29.2 cm³/mol. The number of aliphatic hydroxyl groups excluding tert-OH is 4. The molecule has 1 saturated heterocycles. The van der Waals surface area contributed by atoms with Gasteiger partial charge < -0.3 is 25.2 Å². The molecule has 5 heteroatoms. The average molecular weight is 149 g/mol. The molecule has 0 saturated carbocycles. The molecular formula is C5H9O5. The van der Waals surface area contributed by atoms with Crippen LogP contribution in [0.15, 0.2) is 0 Å². The van der Waals surface area contributed by atoms with Gasteiger partial charge in [0, 0.05) is 0 Å². The molecule has 1 fully saturated rings. The Balaban J connectivity index is 2.53. The van der Waals surface area contributed by atoms with Crippen LogP contribution in [0.3, 0.4) is 0 Å². The van der Waals surface area contributed by atoms with Crippen molar-refractivity contribution in [3.63, 3.8) is 0 Å². The summed E-state index contributed by atoms with van der Waals surface area (Å²) in [7, 11) is 0. The van der Waals surface area contributed by atoms with Gasteiger partial charge in [0.15, 0.2) is 0 Å². The monoisotopic (exact) mass is 149 g/mol. The molecule has 0 aliphatic carbocycles. The smallest absolute Gasteiger partial charge is 0.254 e. The van der Waals surface area contributed by atoms with Gasteiger partial charge in [-0.1, -0.05) is 0 Å². The van der Waals surface area contributed by atoms with Crippen molar-refractivity contribution in [1.82, 2.24) is 0 Å². The minimum absolute atomic E-state index is 0.428. The van der Waals surface area contributed by atoms with E-state index >= 15 is 0 Å². The third-order valence-corrected chi connectivity index (χ3v) is 1.41. The maximum absolute atomic E-state index is 8.91. The molecule has 0 bridgehead atoms. The molecule has 1 aliphatic heterocycles. The highest BCUT2D eigenvalue weighted by atomic mass is 16.6. The normalized spacial score (nSPS) is 42.6. The minimum atomic E-state index is -1.39. The highest BCUT2D eigenvalue weighted by Gasteiger charge is 2.42. The van der Waals surface area contributed by atoms with Crippen LogP contribution in [0.2, 0.25) is 0 Å². The highest BCUT2D eigenvalue weighted by Crippen LogP contribution is 2.23. The molecule has 1 radical (unpaired) electrons. The van der Waals surface area contributed by atoms with E-state index in [9.17, 15) is 0 Å². The molecule has 1 rings (SSSR count). The summed E-state index contributed by atoms with van der Waals surface area (Å²) in [6, 6.07) is 0. The van der Waals surface area contributed by atoms with Crippen LogP contribution < -0.4 is 0 Å². The van der Waals surface area contributed by atoms with Gasteiger partial charge in [-0.15, -0.1) is 0 Å². The first kappa shape index (κ1) is 7.90. The van der Waals surface area contributed by atoms with Crippen molar-refractivity contribution < 1.29 is 25.2 Å². The molecule has 4 N–H and O–H groups in total. The standard InChI is InChI=1S/C5H9O5/c6-1-2-3(7)4(8)5(9)10-2/h2-4,6-9H,1H2/t2-,3-,4-/m1/s1. The second kappa shape index (κ2) is 2.81. The van der Waals surface area contributed by atoms with Gasteiger partial charge in [-0.3, -0.25) is 0 Å². The summed E-state index contributed by atoms with van der Waals surface area (Å²) in [6.45, 7) is -0.428. The average Bonchev–Trinajstić information content (AvgIpc) is 2.17. The lowest BCUT2D eigenvalue weighted by Gasteiger charge is -2.09. The van der Waals surface area contributed by atoms with E-state index in [0.29, 0.717) is 0 Å². The highest BCUT2D eigenvalue weighted by molar-refractivity contribution is 4.94. The van der Waals surface area contributed by atoms with E-state index < -0.39 is 31.2 Å². The molecule has 10 heavy (non-hydrogen) atoms. The van der Waals surface area contributed by atoms with Gasteiger partial charge in [0.2, 0.25) is 0 Å². The van der Waals surface area contributed by atoms with Crippen LogP contribution in [-0.2, 0) is 4.74 Å². The number of hydrogen-bond acceptors (Lipinski definition) is 5. The third-order valence-electron chi connectivity index (χ3n) is 1.41. The van der Waals surface area contributed by atoms with Crippen LogP contribution >= 0.6 is 0 Å². The summed E-state index contributed by atoms with van der Waals surface area (Å²) in [5.41, 5.74) is 0. The molecule has 3 atom stereocenters. The van der Waals surface area contributed by atoms with Crippen molar-refractivity contribution in [3.8, 4) is 0 Å². The van der Waals surface area contributed by atoms with Gasteiger partial charge in [-0.2, -0.15) is 0 Å². The molecule has 0 aromatic rings. The van der Waals surface area contributed by atoms with Gasteiger partial charge in [0.1, 0.15) is 18.3 Å². The number of ether oxygens (including phenoxy) is 1. The third kappa shape index (κ3) is 1.14. The molecular weight excluding hydrogens is 140 g/mol. The molecule has 1 aliphatic rings. The van der Waals surface area contributed by atoms with Crippen molar-refractivity contribution in [1.29, 1.82) is 0 Å². The van der Waals surface area contributed by atoms with E-state index in [4.69, 9.17) is 20.4 Å². The van der Waals surface area contributed by atoms with Crippen molar-refractivity contribution in [2.75, 3.05) is 6.61 Å². The zero-order valence-corrected chi connectivity index (χ0v) is 5.14. The summed E-state index contributed by atoms with van der Waals surface area (Å²) in [5.74, 6) is 0. The lowest BCUT2D eigenvalue weighted by Crippen LogP contribution is -2.32. The number of hydrogen-bond donors (Lipinski definition) is 4. The van der Waals surface area contributed by atoms with Crippen LogP contribution in [0.25, 0.3) is 0 Å². The predicted octanol–water partition coefficient (Wildman–Crippen LogP) is -2.04. The summed E-state index contributed by atoms with van der Waals surface area (Å²) < 4.78 is 4.46. The van der Waals surface area contributed by atoms with E-state index in [0.717, 1.165) is 0 Å². The number of aliphatic hydroxyl groups is 4. The fraction of sp³-hybridized carbons (Fsp3) is 0.800. The van der Waals surface area contributed by atoms with Crippen LogP contribution in [0.1, 0.15) is 0 Å². The SMILES string of the molecule is OC[C@H]1O[C](O)[C@H](O)[C@@H]1O. The van der Waals surface area contributed by atoms with Crippen molar-refractivity contribution in [3.05, 3.63) is 6.29 Å². The van der Waals surface area contributed by atoms with Gasteiger partial charge >= 0.3 is 0 Å². The van der Waals surface area contributed by atoms with Crippen molar-refractivity contribution in [2.45, 2.75) is 18.3 Å². The summed E-state index contributed by atoms with van der Waals surface area (Å²) in [6.07, 6.45) is -4.16. The van der Waals surface area contributed by atoms with Crippen molar-refractivity contribution >= 4 is 0 Å². The molecule has 0 spiro atoms. The zero-order valence-electron chi connectivity index (χ0n) is 5.14. The van der Waals surface area contributed by atoms with Crippen LogP contribution in [0.4, 0.5) is 0 Å². The van der Waals surface area contributed by atoms with E-state index in [-0.39, 0.29) is 0 Å². The van der Waals surface area contributed by atoms with E-state index in [1.807, 2.05) is 0 Å². The molecule has 0 aromatic heterocycles. The first-order valence-electron chi connectivity index (χ1n) is 2.86. The molecule has 59 valence electrons. The molecule has 0 amide bonds. The summed E-state index contributed by atoms with van der Waals surface area (Å²) >= 11 is 0.